The van der Waals surface area contributed by atoms with Crippen molar-refractivity contribution in [2.24, 2.45) is 0 Å². The SMILES string of the molecule is c1cc(CN2CCNCC2)cc(Nc2nc3ccc(-c4cc(N5CCCC5)ncn4)cc3[nH]2)n1. The summed E-state index contributed by atoms with van der Waals surface area (Å²) in [5, 5.41) is 6.73. The molecule has 0 atom stereocenters. The number of hydrogen-bond donors (Lipinski definition) is 3. The first-order valence-corrected chi connectivity index (χ1v) is 12.0. The number of aromatic nitrogens is 5. The zero-order valence-corrected chi connectivity index (χ0v) is 19.2. The zero-order valence-electron chi connectivity index (χ0n) is 19.2. The van der Waals surface area contributed by atoms with Gasteiger partial charge in [-0.2, -0.15) is 0 Å². The Hall–Kier alpha value is -3.56. The largest absolute Gasteiger partial charge is 0.357 e. The molecule has 2 fully saturated rings. The van der Waals surface area contributed by atoms with E-state index in [2.05, 4.69) is 70.7 Å². The van der Waals surface area contributed by atoms with E-state index in [0.717, 1.165) is 79.7 Å². The average molecular weight is 456 g/mol. The Morgan fingerprint density at radius 1 is 0.912 bits per heavy atom. The van der Waals surface area contributed by atoms with E-state index in [9.17, 15) is 0 Å². The summed E-state index contributed by atoms with van der Waals surface area (Å²) in [4.78, 5) is 26.4. The van der Waals surface area contributed by atoms with Crippen LogP contribution in [-0.4, -0.2) is 69.1 Å². The molecule has 9 nitrogen and oxygen atoms in total. The number of rotatable bonds is 6. The van der Waals surface area contributed by atoms with Gasteiger partial charge in [0.25, 0.3) is 0 Å². The maximum atomic E-state index is 4.70. The van der Waals surface area contributed by atoms with E-state index in [1.54, 1.807) is 6.33 Å². The third-order valence-corrected chi connectivity index (χ3v) is 6.55. The molecule has 2 saturated heterocycles. The molecule has 5 heterocycles. The summed E-state index contributed by atoms with van der Waals surface area (Å²) in [7, 11) is 0. The Balaban J connectivity index is 1.20. The molecule has 0 spiro atoms. The highest BCUT2D eigenvalue weighted by molar-refractivity contribution is 5.83. The molecule has 0 bridgehead atoms. The Bertz CT molecular complexity index is 1270. The van der Waals surface area contributed by atoms with E-state index in [1.807, 2.05) is 12.3 Å². The van der Waals surface area contributed by atoms with Crippen LogP contribution in [0.4, 0.5) is 17.6 Å². The molecule has 2 aliphatic rings. The van der Waals surface area contributed by atoms with Crippen LogP contribution in [0.3, 0.4) is 0 Å². The number of hydrogen-bond acceptors (Lipinski definition) is 8. The minimum atomic E-state index is 0.680. The summed E-state index contributed by atoms with van der Waals surface area (Å²) < 4.78 is 0. The van der Waals surface area contributed by atoms with Crippen molar-refractivity contribution >= 4 is 28.6 Å². The molecule has 2 aliphatic heterocycles. The van der Waals surface area contributed by atoms with Crippen molar-refractivity contribution in [1.82, 2.24) is 35.1 Å². The molecular weight excluding hydrogens is 426 g/mol. The van der Waals surface area contributed by atoms with Crippen LogP contribution in [0, 0.1) is 0 Å². The van der Waals surface area contributed by atoms with Crippen molar-refractivity contribution in [2.75, 3.05) is 49.5 Å². The van der Waals surface area contributed by atoms with Gasteiger partial charge in [-0.05, 0) is 42.7 Å². The normalized spacial score (nSPS) is 16.9. The smallest absolute Gasteiger partial charge is 0.206 e. The Morgan fingerprint density at radius 2 is 1.79 bits per heavy atom. The number of pyridine rings is 1. The molecular formula is C25H29N9. The van der Waals surface area contributed by atoms with Gasteiger partial charge in [-0.3, -0.25) is 4.90 Å². The lowest BCUT2D eigenvalue weighted by Gasteiger charge is -2.27. The Kier molecular flexibility index (Phi) is 5.78. The standard InChI is InChI=1S/C25H29N9/c1-2-10-34(9-1)24-15-21(28-17-29-24)19-3-4-20-22(14-19)31-25(30-20)32-23-13-18(5-6-27-23)16-33-11-7-26-8-12-33/h3-6,13-15,17,26H,1-2,7-12,16H2,(H2,27,30,31,32). The number of fused-ring (bicyclic) bond motifs is 1. The lowest BCUT2D eigenvalue weighted by Crippen LogP contribution is -2.42. The van der Waals surface area contributed by atoms with E-state index in [-0.39, 0.29) is 0 Å². The van der Waals surface area contributed by atoms with E-state index in [0.29, 0.717) is 5.95 Å². The Morgan fingerprint density at radius 3 is 2.68 bits per heavy atom. The fourth-order valence-corrected chi connectivity index (χ4v) is 4.74. The number of anilines is 3. The van der Waals surface area contributed by atoms with E-state index in [1.165, 1.54) is 18.4 Å². The molecule has 0 saturated carbocycles. The molecule has 3 aromatic heterocycles. The summed E-state index contributed by atoms with van der Waals surface area (Å²) in [5.41, 5.74) is 5.07. The van der Waals surface area contributed by atoms with Gasteiger partial charge in [-0.1, -0.05) is 6.07 Å². The number of nitrogens with zero attached hydrogens (tertiary/aromatic N) is 6. The molecule has 34 heavy (non-hydrogen) atoms. The van der Waals surface area contributed by atoms with Crippen LogP contribution in [-0.2, 0) is 6.54 Å². The first-order valence-electron chi connectivity index (χ1n) is 12.0. The van der Waals surface area contributed by atoms with Gasteiger partial charge in [0.05, 0.1) is 16.7 Å². The van der Waals surface area contributed by atoms with Crippen LogP contribution in [0.15, 0.2) is 48.9 Å². The predicted molar refractivity (Wildman–Crippen MR) is 134 cm³/mol. The number of H-pyrrole nitrogens is 1. The maximum Gasteiger partial charge on any atom is 0.206 e. The van der Waals surface area contributed by atoms with Gasteiger partial charge in [0.15, 0.2) is 0 Å². The lowest BCUT2D eigenvalue weighted by atomic mass is 10.1. The van der Waals surface area contributed by atoms with Crippen molar-refractivity contribution in [3.05, 3.63) is 54.5 Å². The molecule has 0 radical (unpaired) electrons. The zero-order chi connectivity index (χ0) is 22.7. The van der Waals surface area contributed by atoms with Gasteiger partial charge >= 0.3 is 0 Å². The molecule has 174 valence electrons. The molecule has 1 aromatic carbocycles. The van der Waals surface area contributed by atoms with Crippen LogP contribution in [0.2, 0.25) is 0 Å². The Labute approximate surface area is 198 Å². The van der Waals surface area contributed by atoms with E-state index < -0.39 is 0 Å². The summed E-state index contributed by atoms with van der Waals surface area (Å²) in [6.45, 7) is 7.30. The minimum Gasteiger partial charge on any atom is -0.357 e. The van der Waals surface area contributed by atoms with Crippen molar-refractivity contribution in [3.63, 3.8) is 0 Å². The fourth-order valence-electron chi connectivity index (χ4n) is 4.74. The second kappa shape index (κ2) is 9.36. The number of piperazine rings is 1. The minimum absolute atomic E-state index is 0.680. The summed E-state index contributed by atoms with van der Waals surface area (Å²) in [5.74, 6) is 2.47. The van der Waals surface area contributed by atoms with Gasteiger partial charge in [0.1, 0.15) is 18.0 Å². The number of aromatic amines is 1. The van der Waals surface area contributed by atoms with Gasteiger partial charge in [0.2, 0.25) is 5.95 Å². The molecule has 0 amide bonds. The van der Waals surface area contributed by atoms with Crippen molar-refractivity contribution in [1.29, 1.82) is 0 Å². The lowest BCUT2D eigenvalue weighted by molar-refractivity contribution is 0.233. The third kappa shape index (κ3) is 4.57. The summed E-state index contributed by atoms with van der Waals surface area (Å²) in [6.07, 6.45) is 5.96. The first-order chi connectivity index (χ1) is 16.8. The quantitative estimate of drug-likeness (QED) is 0.408. The number of benzene rings is 1. The van der Waals surface area contributed by atoms with E-state index in [4.69, 9.17) is 4.98 Å². The predicted octanol–water partition coefficient (Wildman–Crippen LogP) is 3.16. The van der Waals surface area contributed by atoms with Gasteiger partial charge < -0.3 is 20.5 Å². The number of imidazole rings is 1. The first kappa shape index (κ1) is 21.0. The maximum absolute atomic E-state index is 4.70. The van der Waals surface area contributed by atoms with Crippen molar-refractivity contribution in [3.8, 4) is 11.3 Å². The van der Waals surface area contributed by atoms with Gasteiger partial charge in [-0.15, -0.1) is 0 Å². The van der Waals surface area contributed by atoms with Crippen molar-refractivity contribution in [2.45, 2.75) is 19.4 Å². The highest BCUT2D eigenvalue weighted by Crippen LogP contribution is 2.27. The van der Waals surface area contributed by atoms with Crippen LogP contribution < -0.4 is 15.5 Å². The molecule has 3 N–H and O–H groups in total. The van der Waals surface area contributed by atoms with Crippen LogP contribution in [0.5, 0.6) is 0 Å². The van der Waals surface area contributed by atoms with Crippen molar-refractivity contribution < 1.29 is 0 Å². The monoisotopic (exact) mass is 455 g/mol. The summed E-state index contributed by atoms with van der Waals surface area (Å²) >= 11 is 0. The summed E-state index contributed by atoms with van der Waals surface area (Å²) in [6, 6.07) is 12.4. The van der Waals surface area contributed by atoms with Crippen LogP contribution in [0.25, 0.3) is 22.3 Å². The van der Waals surface area contributed by atoms with Gasteiger partial charge in [-0.25, -0.2) is 19.9 Å². The highest BCUT2D eigenvalue weighted by atomic mass is 15.2. The fraction of sp³-hybridized carbons (Fsp3) is 0.360. The second-order valence-corrected chi connectivity index (χ2v) is 8.97. The number of nitrogens with one attached hydrogen (secondary N) is 3. The third-order valence-electron chi connectivity index (χ3n) is 6.55. The molecule has 0 aliphatic carbocycles. The second-order valence-electron chi connectivity index (χ2n) is 8.97. The average Bonchev–Trinajstić information content (AvgIpc) is 3.55. The highest BCUT2D eigenvalue weighted by Gasteiger charge is 2.15. The van der Waals surface area contributed by atoms with Crippen LogP contribution >= 0.6 is 0 Å². The molecule has 6 rings (SSSR count). The van der Waals surface area contributed by atoms with Gasteiger partial charge in [0, 0.05) is 63.6 Å². The molecule has 0 unspecified atom stereocenters. The molecule has 9 heteroatoms. The van der Waals surface area contributed by atoms with E-state index >= 15 is 0 Å². The molecule has 4 aromatic rings. The topological polar surface area (TPSA) is 97.9 Å². The van der Waals surface area contributed by atoms with Crippen LogP contribution in [0.1, 0.15) is 18.4 Å².